The van der Waals surface area contributed by atoms with Crippen LogP contribution in [0.15, 0.2) is 18.2 Å². The molecule has 0 fully saturated rings. The summed E-state index contributed by atoms with van der Waals surface area (Å²) in [7, 11) is 0. The quantitative estimate of drug-likeness (QED) is 0.827. The predicted octanol–water partition coefficient (Wildman–Crippen LogP) is 2.27. The lowest BCUT2D eigenvalue weighted by atomic mass is 9.99. The van der Waals surface area contributed by atoms with E-state index in [0.717, 1.165) is 38.0 Å². The van der Waals surface area contributed by atoms with Crippen molar-refractivity contribution in [3.63, 3.8) is 0 Å². The standard InChI is InChI=1S/C15H22N2O/c1-3-8-16-11-15(18)17-9-4-5-13-10-12(2)6-7-14(13)17/h6-7,10,16H,3-5,8-9,11H2,1-2H3. The maximum atomic E-state index is 12.2. The maximum absolute atomic E-state index is 12.2. The molecule has 1 N–H and O–H groups in total. The first-order valence-corrected chi connectivity index (χ1v) is 6.83. The van der Waals surface area contributed by atoms with Crippen LogP contribution in [0.2, 0.25) is 0 Å². The summed E-state index contributed by atoms with van der Waals surface area (Å²) < 4.78 is 0. The molecule has 0 unspecified atom stereocenters. The molecule has 1 aromatic carbocycles. The summed E-state index contributed by atoms with van der Waals surface area (Å²) in [6.45, 7) is 6.41. The second-order valence-corrected chi connectivity index (χ2v) is 4.96. The van der Waals surface area contributed by atoms with Gasteiger partial charge in [-0.1, -0.05) is 24.6 Å². The van der Waals surface area contributed by atoms with E-state index in [2.05, 4.69) is 37.4 Å². The lowest BCUT2D eigenvalue weighted by molar-refractivity contribution is -0.117. The van der Waals surface area contributed by atoms with E-state index in [1.54, 1.807) is 0 Å². The Morgan fingerprint density at radius 2 is 2.28 bits per heavy atom. The van der Waals surface area contributed by atoms with E-state index >= 15 is 0 Å². The molecular formula is C15H22N2O. The molecule has 1 aliphatic rings. The zero-order chi connectivity index (χ0) is 13.0. The van der Waals surface area contributed by atoms with Gasteiger partial charge < -0.3 is 10.2 Å². The van der Waals surface area contributed by atoms with E-state index in [-0.39, 0.29) is 5.91 Å². The highest BCUT2D eigenvalue weighted by atomic mass is 16.2. The van der Waals surface area contributed by atoms with Crippen molar-refractivity contribution >= 4 is 11.6 Å². The zero-order valence-electron chi connectivity index (χ0n) is 11.3. The van der Waals surface area contributed by atoms with E-state index in [4.69, 9.17) is 0 Å². The summed E-state index contributed by atoms with van der Waals surface area (Å²) in [5, 5.41) is 3.18. The minimum absolute atomic E-state index is 0.188. The second kappa shape index (κ2) is 6.01. The highest BCUT2D eigenvalue weighted by Gasteiger charge is 2.21. The van der Waals surface area contributed by atoms with Gasteiger partial charge in [0.2, 0.25) is 5.91 Å². The molecule has 18 heavy (non-hydrogen) atoms. The van der Waals surface area contributed by atoms with Crippen LogP contribution in [0.4, 0.5) is 5.69 Å². The number of hydrogen-bond donors (Lipinski definition) is 1. The Bertz CT molecular complexity index is 429. The third kappa shape index (κ3) is 2.91. The van der Waals surface area contributed by atoms with Crippen LogP contribution in [0.3, 0.4) is 0 Å². The van der Waals surface area contributed by atoms with Gasteiger partial charge in [-0.05, 0) is 44.4 Å². The number of amides is 1. The molecule has 0 saturated heterocycles. The van der Waals surface area contributed by atoms with Gasteiger partial charge in [0.15, 0.2) is 0 Å². The molecule has 1 aromatic rings. The highest BCUT2D eigenvalue weighted by Crippen LogP contribution is 2.27. The molecule has 98 valence electrons. The Morgan fingerprint density at radius 3 is 3.06 bits per heavy atom. The molecule has 3 heteroatoms. The van der Waals surface area contributed by atoms with Crippen molar-refractivity contribution in [2.45, 2.75) is 33.1 Å². The van der Waals surface area contributed by atoms with Crippen LogP contribution in [0, 0.1) is 6.92 Å². The van der Waals surface area contributed by atoms with Crippen LogP contribution in [0.1, 0.15) is 30.9 Å². The number of carbonyl (C=O) groups excluding carboxylic acids is 1. The van der Waals surface area contributed by atoms with Gasteiger partial charge in [-0.3, -0.25) is 4.79 Å². The largest absolute Gasteiger partial charge is 0.311 e. The molecule has 1 amide bonds. The van der Waals surface area contributed by atoms with Gasteiger partial charge in [0.25, 0.3) is 0 Å². The first-order valence-electron chi connectivity index (χ1n) is 6.83. The zero-order valence-corrected chi connectivity index (χ0v) is 11.3. The van der Waals surface area contributed by atoms with E-state index in [1.165, 1.54) is 11.1 Å². The number of nitrogens with one attached hydrogen (secondary N) is 1. The van der Waals surface area contributed by atoms with Crippen molar-refractivity contribution in [3.05, 3.63) is 29.3 Å². The highest BCUT2D eigenvalue weighted by molar-refractivity contribution is 5.96. The van der Waals surface area contributed by atoms with Gasteiger partial charge >= 0.3 is 0 Å². The van der Waals surface area contributed by atoms with Gasteiger partial charge in [-0.25, -0.2) is 0 Å². The number of hydrogen-bond acceptors (Lipinski definition) is 2. The predicted molar refractivity (Wildman–Crippen MR) is 75.0 cm³/mol. The molecule has 3 nitrogen and oxygen atoms in total. The minimum Gasteiger partial charge on any atom is -0.311 e. The van der Waals surface area contributed by atoms with Crippen molar-refractivity contribution in [3.8, 4) is 0 Å². The van der Waals surface area contributed by atoms with E-state index in [1.807, 2.05) is 4.90 Å². The summed E-state index contributed by atoms with van der Waals surface area (Å²) in [6, 6.07) is 6.37. The number of carbonyl (C=O) groups is 1. The van der Waals surface area contributed by atoms with Crippen LogP contribution in [-0.4, -0.2) is 25.5 Å². The molecule has 0 aromatic heterocycles. The molecule has 2 rings (SSSR count). The smallest absolute Gasteiger partial charge is 0.240 e. The van der Waals surface area contributed by atoms with Crippen LogP contribution in [0.5, 0.6) is 0 Å². The number of nitrogens with zero attached hydrogens (tertiary/aromatic N) is 1. The molecule has 0 spiro atoms. The Kier molecular flexibility index (Phi) is 4.37. The molecule has 0 atom stereocenters. The van der Waals surface area contributed by atoms with E-state index in [0.29, 0.717) is 6.54 Å². The molecule has 0 saturated carbocycles. The SMILES string of the molecule is CCCNCC(=O)N1CCCc2cc(C)ccc21. The Labute approximate surface area is 109 Å². The second-order valence-electron chi connectivity index (χ2n) is 4.96. The van der Waals surface area contributed by atoms with Crippen molar-refractivity contribution in [2.75, 3.05) is 24.5 Å². The Hall–Kier alpha value is -1.35. The number of anilines is 1. The van der Waals surface area contributed by atoms with Gasteiger partial charge in [0, 0.05) is 12.2 Å². The van der Waals surface area contributed by atoms with Crippen molar-refractivity contribution < 1.29 is 4.79 Å². The minimum atomic E-state index is 0.188. The number of rotatable bonds is 4. The molecule has 1 heterocycles. The monoisotopic (exact) mass is 246 g/mol. The normalized spacial score (nSPS) is 14.4. The summed E-state index contributed by atoms with van der Waals surface area (Å²) >= 11 is 0. The first-order chi connectivity index (χ1) is 8.72. The van der Waals surface area contributed by atoms with Crippen molar-refractivity contribution in [1.82, 2.24) is 5.32 Å². The van der Waals surface area contributed by atoms with Gasteiger partial charge in [-0.2, -0.15) is 0 Å². The fraction of sp³-hybridized carbons (Fsp3) is 0.533. The van der Waals surface area contributed by atoms with Crippen molar-refractivity contribution in [1.29, 1.82) is 0 Å². The average Bonchev–Trinajstić information content (AvgIpc) is 2.37. The molecule has 0 bridgehead atoms. The molecular weight excluding hydrogens is 224 g/mol. The van der Waals surface area contributed by atoms with Crippen LogP contribution in [-0.2, 0) is 11.2 Å². The van der Waals surface area contributed by atoms with Gasteiger partial charge in [0.05, 0.1) is 6.54 Å². The summed E-state index contributed by atoms with van der Waals surface area (Å²) in [5.41, 5.74) is 3.69. The van der Waals surface area contributed by atoms with E-state index in [9.17, 15) is 4.79 Å². The Morgan fingerprint density at radius 1 is 1.44 bits per heavy atom. The molecule has 1 aliphatic heterocycles. The number of aryl methyl sites for hydroxylation is 2. The maximum Gasteiger partial charge on any atom is 0.240 e. The lowest BCUT2D eigenvalue weighted by Crippen LogP contribution is -2.41. The third-order valence-electron chi connectivity index (χ3n) is 3.36. The molecule has 0 radical (unpaired) electrons. The summed E-state index contributed by atoms with van der Waals surface area (Å²) in [6.07, 6.45) is 3.21. The summed E-state index contributed by atoms with van der Waals surface area (Å²) in [5.74, 6) is 0.188. The van der Waals surface area contributed by atoms with Crippen molar-refractivity contribution in [2.24, 2.45) is 0 Å². The Balaban J connectivity index is 2.09. The fourth-order valence-electron chi connectivity index (χ4n) is 2.45. The first kappa shape index (κ1) is 13.1. The van der Waals surface area contributed by atoms with Gasteiger partial charge in [0.1, 0.15) is 0 Å². The molecule has 0 aliphatic carbocycles. The third-order valence-corrected chi connectivity index (χ3v) is 3.36. The summed E-state index contributed by atoms with van der Waals surface area (Å²) in [4.78, 5) is 14.1. The topological polar surface area (TPSA) is 32.3 Å². The van der Waals surface area contributed by atoms with Gasteiger partial charge in [-0.15, -0.1) is 0 Å². The van der Waals surface area contributed by atoms with E-state index < -0.39 is 0 Å². The number of fused-ring (bicyclic) bond motifs is 1. The lowest BCUT2D eigenvalue weighted by Gasteiger charge is -2.30. The fourth-order valence-corrected chi connectivity index (χ4v) is 2.45. The average molecular weight is 246 g/mol. The van der Waals surface area contributed by atoms with Crippen LogP contribution < -0.4 is 10.2 Å². The number of benzene rings is 1. The van der Waals surface area contributed by atoms with Crippen LogP contribution in [0.25, 0.3) is 0 Å². The van der Waals surface area contributed by atoms with Crippen LogP contribution >= 0.6 is 0 Å².